The Kier molecular flexibility index (Phi) is 6.01. The highest BCUT2D eigenvalue weighted by atomic mass is 79.9. The van der Waals surface area contributed by atoms with Crippen LogP contribution in [0.2, 0.25) is 5.02 Å². The average Bonchev–Trinajstić information content (AvgIpc) is 2.07. The van der Waals surface area contributed by atoms with Crippen LogP contribution < -0.4 is 0 Å². The summed E-state index contributed by atoms with van der Waals surface area (Å²) in [4.78, 5) is 0.282. The summed E-state index contributed by atoms with van der Waals surface area (Å²) in [5, 5.41) is 0.417. The van der Waals surface area contributed by atoms with Crippen molar-refractivity contribution in [3.8, 4) is 0 Å². The lowest BCUT2D eigenvalue weighted by Crippen LogP contribution is -2.11. The molecule has 2 nitrogen and oxygen atoms in total. The third-order valence-electron chi connectivity index (χ3n) is 1.80. The molecule has 0 aliphatic heterocycles. The summed E-state index contributed by atoms with van der Waals surface area (Å²) in [5.41, 5.74) is 0. The lowest BCUT2D eigenvalue weighted by atomic mass is 10.3. The number of hydrogen-bond acceptors (Lipinski definition) is 2. The Bertz CT molecular complexity index is 455. The van der Waals surface area contributed by atoms with Crippen molar-refractivity contribution in [2.24, 2.45) is 5.92 Å². The topological polar surface area (TPSA) is 34.1 Å². The van der Waals surface area contributed by atoms with Gasteiger partial charge in [0.05, 0.1) is 15.7 Å². The zero-order valence-corrected chi connectivity index (χ0v) is 11.7. The number of rotatable bonds is 3. The highest BCUT2D eigenvalue weighted by molar-refractivity contribution is 9.10. The van der Waals surface area contributed by atoms with Gasteiger partial charge in [0.1, 0.15) is 0 Å². The van der Waals surface area contributed by atoms with Crippen LogP contribution in [-0.2, 0) is 9.84 Å². The highest BCUT2D eigenvalue weighted by Gasteiger charge is 2.17. The van der Waals surface area contributed by atoms with Crippen molar-refractivity contribution in [1.82, 2.24) is 0 Å². The first kappa shape index (κ1) is 15.9. The molecule has 92 valence electrons. The summed E-state index contributed by atoms with van der Waals surface area (Å²) in [6.07, 6.45) is 0. The molecule has 0 aliphatic carbocycles. The van der Waals surface area contributed by atoms with Crippen LogP contribution >= 0.6 is 27.5 Å². The van der Waals surface area contributed by atoms with E-state index in [1.807, 2.05) is 13.8 Å². The molecule has 0 amide bonds. The Morgan fingerprint density at radius 3 is 2.38 bits per heavy atom. The third-order valence-corrected chi connectivity index (χ3v) is 5.11. The van der Waals surface area contributed by atoms with Gasteiger partial charge < -0.3 is 0 Å². The second-order valence-corrected chi connectivity index (χ2v) is 7.05. The maximum absolute atomic E-state index is 11.8. The molecule has 0 radical (unpaired) electrons. The summed E-state index contributed by atoms with van der Waals surface area (Å²) >= 11 is 9.07. The van der Waals surface area contributed by atoms with Crippen molar-refractivity contribution < 1.29 is 8.42 Å². The minimum Gasteiger partial charge on any atom is -0.224 e. The van der Waals surface area contributed by atoms with Crippen molar-refractivity contribution in [1.29, 1.82) is 0 Å². The molecule has 1 aromatic rings. The van der Waals surface area contributed by atoms with Crippen molar-refractivity contribution in [3.63, 3.8) is 0 Å². The predicted molar refractivity (Wildman–Crippen MR) is 72.8 cm³/mol. The van der Waals surface area contributed by atoms with Gasteiger partial charge in [-0.05, 0) is 40.0 Å². The minimum atomic E-state index is -3.20. The zero-order chi connectivity index (χ0) is 11.6. The van der Waals surface area contributed by atoms with Crippen LogP contribution in [0.15, 0.2) is 27.6 Å². The van der Waals surface area contributed by atoms with Crippen molar-refractivity contribution >= 4 is 37.4 Å². The molecule has 0 unspecified atom stereocenters. The van der Waals surface area contributed by atoms with Gasteiger partial charge in [-0.3, -0.25) is 0 Å². The minimum absolute atomic E-state index is 0. The predicted octanol–water partition coefficient (Wildman–Crippen LogP) is 4.17. The Morgan fingerprint density at radius 1 is 1.38 bits per heavy atom. The van der Waals surface area contributed by atoms with Gasteiger partial charge in [-0.1, -0.05) is 32.9 Å². The van der Waals surface area contributed by atoms with E-state index in [1.165, 1.54) is 6.07 Å². The summed E-state index contributed by atoms with van der Waals surface area (Å²) in [5.74, 6) is 0.253. The van der Waals surface area contributed by atoms with Crippen molar-refractivity contribution in [2.45, 2.75) is 26.2 Å². The Labute approximate surface area is 111 Å². The summed E-state index contributed by atoms with van der Waals surface area (Å²) in [7, 11) is -3.20. The van der Waals surface area contributed by atoms with E-state index in [2.05, 4.69) is 15.9 Å². The van der Waals surface area contributed by atoms with E-state index < -0.39 is 9.84 Å². The Morgan fingerprint density at radius 2 is 1.94 bits per heavy atom. The van der Waals surface area contributed by atoms with Crippen molar-refractivity contribution in [2.75, 3.05) is 5.75 Å². The third kappa shape index (κ3) is 4.07. The van der Waals surface area contributed by atoms with Gasteiger partial charge in [0.15, 0.2) is 9.84 Å². The SMILES string of the molecule is C.CC(C)CS(=O)(=O)c1ccc(Br)c(Cl)c1. The van der Waals surface area contributed by atoms with E-state index in [0.717, 1.165) is 0 Å². The van der Waals surface area contributed by atoms with Gasteiger partial charge >= 0.3 is 0 Å². The van der Waals surface area contributed by atoms with E-state index in [1.54, 1.807) is 12.1 Å². The fourth-order valence-corrected chi connectivity index (χ4v) is 3.34. The van der Waals surface area contributed by atoms with Gasteiger partial charge in [0.2, 0.25) is 0 Å². The van der Waals surface area contributed by atoms with E-state index in [0.29, 0.717) is 9.50 Å². The van der Waals surface area contributed by atoms with Crippen LogP contribution in [0.1, 0.15) is 21.3 Å². The second-order valence-electron chi connectivity index (χ2n) is 3.75. The smallest absolute Gasteiger partial charge is 0.178 e. The lowest BCUT2D eigenvalue weighted by Gasteiger charge is -2.07. The fraction of sp³-hybridized carbons (Fsp3) is 0.455. The molecule has 0 atom stereocenters. The van der Waals surface area contributed by atoms with E-state index in [9.17, 15) is 8.42 Å². The Hall–Kier alpha value is -0.0600. The van der Waals surface area contributed by atoms with Crippen LogP contribution in [0.4, 0.5) is 0 Å². The molecule has 0 spiro atoms. The molecule has 0 fully saturated rings. The van der Waals surface area contributed by atoms with Gasteiger partial charge in [-0.15, -0.1) is 0 Å². The van der Waals surface area contributed by atoms with Gasteiger partial charge in [0.25, 0.3) is 0 Å². The molecule has 0 aromatic heterocycles. The molecule has 1 rings (SSSR count). The summed E-state index contributed by atoms with van der Waals surface area (Å²) in [6.45, 7) is 3.75. The van der Waals surface area contributed by atoms with E-state index >= 15 is 0 Å². The molecular formula is C11H16BrClO2S. The normalized spacial score (nSPS) is 11.3. The van der Waals surface area contributed by atoms with Crippen LogP contribution in [0, 0.1) is 5.92 Å². The van der Waals surface area contributed by atoms with Crippen molar-refractivity contribution in [3.05, 3.63) is 27.7 Å². The maximum Gasteiger partial charge on any atom is 0.178 e. The molecule has 0 N–H and O–H groups in total. The number of sulfone groups is 1. The summed E-state index contributed by atoms with van der Waals surface area (Å²) < 4.78 is 24.4. The maximum atomic E-state index is 11.8. The van der Waals surface area contributed by atoms with E-state index in [-0.39, 0.29) is 24.0 Å². The first-order valence-electron chi connectivity index (χ1n) is 4.51. The first-order chi connectivity index (χ1) is 6.83. The zero-order valence-electron chi connectivity index (χ0n) is 8.50. The molecule has 0 saturated heterocycles. The molecule has 0 saturated carbocycles. The molecular weight excluding hydrogens is 312 g/mol. The first-order valence-corrected chi connectivity index (χ1v) is 7.33. The van der Waals surface area contributed by atoms with Crippen LogP contribution in [0.5, 0.6) is 0 Å². The van der Waals surface area contributed by atoms with Crippen LogP contribution in [-0.4, -0.2) is 14.2 Å². The van der Waals surface area contributed by atoms with Crippen LogP contribution in [0.3, 0.4) is 0 Å². The van der Waals surface area contributed by atoms with Gasteiger partial charge in [-0.25, -0.2) is 8.42 Å². The molecule has 0 bridgehead atoms. The fourth-order valence-electron chi connectivity index (χ4n) is 1.21. The standard InChI is InChI=1S/C10H12BrClO2S.CH4/c1-7(2)6-15(13,14)8-3-4-9(11)10(12)5-8;/h3-5,7H,6H2,1-2H3;1H4. The monoisotopic (exact) mass is 326 g/mol. The summed E-state index contributed by atoms with van der Waals surface area (Å²) in [6, 6.07) is 4.69. The largest absolute Gasteiger partial charge is 0.224 e. The lowest BCUT2D eigenvalue weighted by molar-refractivity contribution is 0.582. The number of hydrogen-bond donors (Lipinski definition) is 0. The Balaban J connectivity index is 0.00000225. The number of benzene rings is 1. The van der Waals surface area contributed by atoms with Gasteiger partial charge in [0, 0.05) is 4.47 Å². The van der Waals surface area contributed by atoms with Crippen LogP contribution in [0.25, 0.3) is 0 Å². The average molecular weight is 328 g/mol. The molecule has 16 heavy (non-hydrogen) atoms. The molecule has 0 heterocycles. The van der Waals surface area contributed by atoms with E-state index in [4.69, 9.17) is 11.6 Å². The quantitative estimate of drug-likeness (QED) is 0.835. The highest BCUT2D eigenvalue weighted by Crippen LogP contribution is 2.26. The van der Waals surface area contributed by atoms with Gasteiger partial charge in [-0.2, -0.15) is 0 Å². The number of halogens is 2. The molecule has 1 aromatic carbocycles. The second kappa shape index (κ2) is 6.03. The molecule has 5 heteroatoms. The molecule has 0 aliphatic rings.